The molecule has 0 spiro atoms. The van der Waals surface area contributed by atoms with E-state index in [2.05, 4.69) is 9.82 Å². The van der Waals surface area contributed by atoms with Crippen molar-refractivity contribution in [2.45, 2.75) is 4.90 Å². The largest absolute Gasteiger partial charge is 0.363 e. The van der Waals surface area contributed by atoms with Gasteiger partial charge >= 0.3 is 5.82 Å². The molecule has 0 aromatic carbocycles. The van der Waals surface area contributed by atoms with Gasteiger partial charge in [0, 0.05) is 13.1 Å². The molecule has 1 aromatic rings. The van der Waals surface area contributed by atoms with Gasteiger partial charge in [0.05, 0.1) is 7.11 Å². The van der Waals surface area contributed by atoms with E-state index in [-0.39, 0.29) is 4.90 Å². The van der Waals surface area contributed by atoms with Crippen LogP contribution in [0.25, 0.3) is 0 Å². The van der Waals surface area contributed by atoms with Crippen LogP contribution in [0.5, 0.6) is 0 Å². The number of pyridine rings is 1. The fraction of sp³-hybridized carbons (Fsp3) is 0.286. The molecule has 1 heterocycles. The predicted octanol–water partition coefficient (Wildman–Crippen LogP) is 0.172. The smallest absolute Gasteiger partial charge is 0.358 e. The van der Waals surface area contributed by atoms with Crippen LogP contribution < -0.4 is 0 Å². The minimum Gasteiger partial charge on any atom is -0.358 e. The van der Waals surface area contributed by atoms with Crippen LogP contribution in [0, 0.1) is 10.1 Å². The van der Waals surface area contributed by atoms with Crippen LogP contribution in [0.4, 0.5) is 5.82 Å². The Balaban J connectivity index is 3.12. The Hall–Kier alpha value is -1.58. The van der Waals surface area contributed by atoms with Gasteiger partial charge < -0.3 is 10.1 Å². The normalized spacial score (nSPS) is 11.7. The van der Waals surface area contributed by atoms with Gasteiger partial charge in [-0.25, -0.2) is 8.42 Å². The number of hydroxylamine groups is 1. The molecule has 0 N–H and O–H groups in total. The van der Waals surface area contributed by atoms with Crippen molar-refractivity contribution in [3.63, 3.8) is 0 Å². The quantitative estimate of drug-likeness (QED) is 0.555. The molecular weight excluding hydrogens is 238 g/mol. The molecule has 0 atom stereocenters. The van der Waals surface area contributed by atoms with Crippen LogP contribution in [0.2, 0.25) is 0 Å². The van der Waals surface area contributed by atoms with Crippen LogP contribution >= 0.6 is 0 Å². The Labute approximate surface area is 91.6 Å². The average molecular weight is 247 g/mol. The van der Waals surface area contributed by atoms with E-state index >= 15 is 0 Å². The van der Waals surface area contributed by atoms with Crippen LogP contribution in [0.1, 0.15) is 0 Å². The number of hydrogen-bond donors (Lipinski definition) is 0. The first kappa shape index (κ1) is 12.5. The number of hydrogen-bond acceptors (Lipinski definition) is 6. The second-order valence-corrected chi connectivity index (χ2v) is 4.64. The van der Waals surface area contributed by atoms with Gasteiger partial charge in [-0.3, -0.25) is 4.84 Å². The SMILES string of the molecule is CON(C)S(=O)(=O)c1ccc([N+](=O)[O-])nc1. The summed E-state index contributed by atoms with van der Waals surface area (Å²) >= 11 is 0. The summed E-state index contributed by atoms with van der Waals surface area (Å²) in [6, 6.07) is 2.10. The number of rotatable bonds is 4. The third kappa shape index (κ3) is 2.32. The van der Waals surface area contributed by atoms with E-state index in [1.54, 1.807) is 0 Å². The molecule has 9 heteroatoms. The topological polar surface area (TPSA) is 103 Å². The maximum atomic E-state index is 11.6. The van der Waals surface area contributed by atoms with Crippen molar-refractivity contribution >= 4 is 15.8 Å². The highest BCUT2D eigenvalue weighted by Crippen LogP contribution is 2.15. The van der Waals surface area contributed by atoms with Crippen molar-refractivity contribution in [3.8, 4) is 0 Å². The standard InChI is InChI=1S/C7H9N3O5S/c1-9(15-2)16(13,14)6-3-4-7(8-5-6)10(11)12/h3-5H,1-2H3. The number of nitrogens with zero attached hydrogens (tertiary/aromatic N) is 3. The predicted molar refractivity (Wildman–Crippen MR) is 52.8 cm³/mol. The Morgan fingerprint density at radius 3 is 2.50 bits per heavy atom. The van der Waals surface area contributed by atoms with E-state index in [1.165, 1.54) is 14.2 Å². The first-order chi connectivity index (χ1) is 7.39. The summed E-state index contributed by atoms with van der Waals surface area (Å²) < 4.78 is 23.9. The lowest BCUT2D eigenvalue weighted by molar-refractivity contribution is -0.389. The first-order valence-electron chi connectivity index (χ1n) is 4.03. The van der Waals surface area contributed by atoms with Crippen molar-refractivity contribution in [2.24, 2.45) is 0 Å². The molecular formula is C7H9N3O5S. The Morgan fingerprint density at radius 1 is 1.50 bits per heavy atom. The molecule has 0 saturated carbocycles. The van der Waals surface area contributed by atoms with E-state index in [4.69, 9.17) is 0 Å². The van der Waals surface area contributed by atoms with Crippen LogP contribution in [-0.4, -0.2) is 37.0 Å². The molecule has 0 radical (unpaired) electrons. The monoisotopic (exact) mass is 247 g/mol. The van der Waals surface area contributed by atoms with Crippen LogP contribution in [-0.2, 0) is 14.9 Å². The molecule has 0 saturated heterocycles. The van der Waals surface area contributed by atoms with Gasteiger partial charge in [0.1, 0.15) is 4.90 Å². The van der Waals surface area contributed by atoms with Gasteiger partial charge in [-0.05, 0) is 16.0 Å². The fourth-order valence-electron chi connectivity index (χ4n) is 0.880. The average Bonchev–Trinajstić information content (AvgIpc) is 2.28. The second-order valence-electron chi connectivity index (χ2n) is 2.71. The van der Waals surface area contributed by atoms with E-state index < -0.39 is 20.8 Å². The molecule has 0 aliphatic heterocycles. The molecule has 1 rings (SSSR count). The maximum Gasteiger partial charge on any atom is 0.363 e. The molecule has 0 fully saturated rings. The minimum atomic E-state index is -3.81. The summed E-state index contributed by atoms with van der Waals surface area (Å²) in [7, 11) is -1.41. The molecule has 0 unspecified atom stereocenters. The fourth-order valence-corrected chi connectivity index (χ4v) is 1.80. The van der Waals surface area contributed by atoms with Gasteiger partial charge in [-0.1, -0.05) is 4.47 Å². The van der Waals surface area contributed by atoms with Crippen LogP contribution in [0.15, 0.2) is 23.2 Å². The summed E-state index contributed by atoms with van der Waals surface area (Å²) in [6.07, 6.45) is 0.906. The Kier molecular flexibility index (Phi) is 3.52. The lowest BCUT2D eigenvalue weighted by atomic mass is 10.5. The van der Waals surface area contributed by atoms with Gasteiger partial charge in [0.15, 0.2) is 6.20 Å². The molecule has 0 bridgehead atoms. The van der Waals surface area contributed by atoms with Gasteiger partial charge in [-0.2, -0.15) is 0 Å². The minimum absolute atomic E-state index is 0.178. The molecule has 1 aromatic heterocycles. The van der Waals surface area contributed by atoms with Crippen molar-refractivity contribution < 1.29 is 18.2 Å². The molecule has 8 nitrogen and oxygen atoms in total. The van der Waals surface area contributed by atoms with Crippen molar-refractivity contribution in [3.05, 3.63) is 28.4 Å². The maximum absolute atomic E-state index is 11.6. The zero-order valence-corrected chi connectivity index (χ0v) is 9.34. The van der Waals surface area contributed by atoms with Crippen molar-refractivity contribution in [2.75, 3.05) is 14.2 Å². The van der Waals surface area contributed by atoms with E-state index in [1.807, 2.05) is 0 Å². The zero-order chi connectivity index (χ0) is 12.3. The van der Waals surface area contributed by atoms with Crippen molar-refractivity contribution in [1.82, 2.24) is 9.45 Å². The molecule has 16 heavy (non-hydrogen) atoms. The summed E-state index contributed by atoms with van der Waals surface area (Å²) in [5.41, 5.74) is 0. The van der Waals surface area contributed by atoms with E-state index in [0.29, 0.717) is 4.47 Å². The lowest BCUT2D eigenvalue weighted by Crippen LogP contribution is -2.25. The van der Waals surface area contributed by atoms with Crippen molar-refractivity contribution in [1.29, 1.82) is 0 Å². The molecule has 0 amide bonds. The van der Waals surface area contributed by atoms with Gasteiger partial charge in [0.2, 0.25) is 0 Å². The zero-order valence-electron chi connectivity index (χ0n) is 8.52. The highest BCUT2D eigenvalue weighted by Gasteiger charge is 2.23. The molecule has 88 valence electrons. The summed E-state index contributed by atoms with van der Waals surface area (Å²) in [5, 5.41) is 10.3. The third-order valence-electron chi connectivity index (χ3n) is 1.80. The first-order valence-corrected chi connectivity index (χ1v) is 5.47. The number of aromatic nitrogens is 1. The molecule has 0 aliphatic carbocycles. The second kappa shape index (κ2) is 4.51. The summed E-state index contributed by atoms with van der Waals surface area (Å²) in [4.78, 5) is 17.4. The van der Waals surface area contributed by atoms with E-state index in [0.717, 1.165) is 18.3 Å². The number of nitro groups is 1. The molecule has 0 aliphatic rings. The van der Waals surface area contributed by atoms with Gasteiger partial charge in [-0.15, -0.1) is 0 Å². The summed E-state index contributed by atoms with van der Waals surface area (Å²) in [6.45, 7) is 0. The van der Waals surface area contributed by atoms with E-state index in [9.17, 15) is 18.5 Å². The Morgan fingerprint density at radius 2 is 2.12 bits per heavy atom. The number of sulfonamides is 1. The Bertz CT molecular complexity index is 483. The summed E-state index contributed by atoms with van der Waals surface area (Å²) in [5.74, 6) is -0.418. The highest BCUT2D eigenvalue weighted by molar-refractivity contribution is 7.89. The van der Waals surface area contributed by atoms with Crippen LogP contribution in [0.3, 0.4) is 0 Å². The lowest BCUT2D eigenvalue weighted by Gasteiger charge is -2.12. The van der Waals surface area contributed by atoms with Gasteiger partial charge in [0.25, 0.3) is 10.0 Å². The highest BCUT2D eigenvalue weighted by atomic mass is 32.2. The third-order valence-corrected chi connectivity index (χ3v) is 3.46.